The minimum absolute atomic E-state index is 0.0115. The van der Waals surface area contributed by atoms with Crippen molar-refractivity contribution in [2.24, 2.45) is 0 Å². The maximum Gasteiger partial charge on any atom is 0.275 e. The number of nitrogens with zero attached hydrogens (tertiary/aromatic N) is 1. The van der Waals surface area contributed by atoms with Crippen LogP contribution in [0.1, 0.15) is 15.9 Å². The summed E-state index contributed by atoms with van der Waals surface area (Å²) in [6, 6.07) is 11.1. The Hall–Kier alpha value is -2.57. The van der Waals surface area contributed by atoms with Gasteiger partial charge in [0.1, 0.15) is 9.34 Å². The molecule has 1 aliphatic rings. The number of alkyl halides is 1. The normalized spacial score (nSPS) is 19.4. The molecule has 4 rings (SSSR count). The zero-order valence-corrected chi connectivity index (χ0v) is 14.2. The number of ketones is 1. The number of hydrogen-bond donors (Lipinski definition) is 1. The number of carbonyl (C=O) groups excluding carboxylic acids is 2. The number of nitrogens with one attached hydrogen (secondary N) is 1. The Morgan fingerprint density at radius 3 is 2.52 bits per heavy atom. The zero-order valence-electron chi connectivity index (χ0n) is 12.6. The van der Waals surface area contributed by atoms with E-state index >= 15 is 4.39 Å². The molecular weight excluding hydrogens is 363 g/mol. The highest BCUT2D eigenvalue weighted by molar-refractivity contribution is 7.21. The largest absolute Gasteiger partial charge is 0.313 e. The van der Waals surface area contributed by atoms with Gasteiger partial charge in [0.05, 0.1) is 5.56 Å². The van der Waals surface area contributed by atoms with Gasteiger partial charge in [-0.25, -0.2) is 4.39 Å². The molecule has 4 nitrogen and oxygen atoms in total. The van der Waals surface area contributed by atoms with E-state index < -0.39 is 17.4 Å². The molecule has 3 heterocycles. The van der Waals surface area contributed by atoms with E-state index in [-0.39, 0.29) is 16.1 Å². The molecule has 1 N–H and O–H groups in total. The van der Waals surface area contributed by atoms with Crippen molar-refractivity contribution in [1.82, 2.24) is 4.98 Å². The summed E-state index contributed by atoms with van der Waals surface area (Å²) in [5, 5.41) is 2.74. The van der Waals surface area contributed by atoms with Gasteiger partial charge in [-0.3, -0.25) is 14.6 Å². The Bertz CT molecular complexity index is 991. The van der Waals surface area contributed by atoms with Gasteiger partial charge in [-0.15, -0.1) is 11.3 Å². The van der Waals surface area contributed by atoms with E-state index in [4.69, 9.17) is 11.6 Å². The number of hydrogen-bond acceptors (Lipinski definition) is 4. The van der Waals surface area contributed by atoms with Crippen molar-refractivity contribution in [2.45, 2.75) is 5.67 Å². The van der Waals surface area contributed by atoms with Crippen LogP contribution in [0.2, 0.25) is 4.34 Å². The average molecular weight is 373 g/mol. The molecule has 1 aliphatic heterocycles. The van der Waals surface area contributed by atoms with E-state index in [1.807, 2.05) is 0 Å². The third-order valence-electron chi connectivity index (χ3n) is 4.07. The lowest BCUT2D eigenvalue weighted by Gasteiger charge is -2.28. The van der Waals surface area contributed by atoms with Gasteiger partial charge in [0.25, 0.3) is 11.6 Å². The first kappa shape index (κ1) is 15.9. The molecule has 0 saturated carbocycles. The Labute approximate surface area is 151 Å². The molecule has 0 aliphatic carbocycles. The molecule has 1 amide bonds. The summed E-state index contributed by atoms with van der Waals surface area (Å²) in [5.74, 6) is -1.92. The fourth-order valence-electron chi connectivity index (χ4n) is 2.87. The molecule has 0 spiro atoms. The molecule has 124 valence electrons. The van der Waals surface area contributed by atoms with Gasteiger partial charge in [-0.2, -0.15) is 0 Å². The van der Waals surface area contributed by atoms with Crippen LogP contribution < -0.4 is 5.32 Å². The number of thiophene rings is 1. The van der Waals surface area contributed by atoms with Gasteiger partial charge in [0.15, 0.2) is 0 Å². The molecule has 25 heavy (non-hydrogen) atoms. The summed E-state index contributed by atoms with van der Waals surface area (Å²) >= 11 is 7.32. The van der Waals surface area contributed by atoms with Gasteiger partial charge in [-0.05, 0) is 6.07 Å². The Morgan fingerprint density at radius 1 is 1.08 bits per heavy atom. The first-order chi connectivity index (χ1) is 12.0. The quantitative estimate of drug-likeness (QED) is 0.675. The van der Waals surface area contributed by atoms with Crippen LogP contribution in [0.4, 0.5) is 9.39 Å². The fraction of sp³-hybridized carbons (Fsp3) is 0.0556. The van der Waals surface area contributed by atoms with Crippen molar-refractivity contribution in [3.63, 3.8) is 0 Å². The fourth-order valence-corrected chi connectivity index (χ4v) is 4.25. The summed E-state index contributed by atoms with van der Waals surface area (Å²) < 4.78 is 16.0. The van der Waals surface area contributed by atoms with E-state index in [1.54, 1.807) is 42.7 Å². The lowest BCUT2D eigenvalue weighted by atomic mass is 9.83. The molecule has 1 atom stereocenters. The monoisotopic (exact) mass is 372 g/mol. The third-order valence-corrected chi connectivity index (χ3v) is 5.38. The maximum absolute atomic E-state index is 15.7. The van der Waals surface area contributed by atoms with E-state index in [1.165, 1.54) is 12.1 Å². The van der Waals surface area contributed by atoms with Crippen molar-refractivity contribution < 1.29 is 14.0 Å². The van der Waals surface area contributed by atoms with Crippen LogP contribution in [0.15, 0.2) is 54.9 Å². The number of rotatable bonds is 2. The molecule has 0 bridgehead atoms. The number of carbonyl (C=O) groups is 2. The first-order valence-corrected chi connectivity index (χ1v) is 8.56. The van der Waals surface area contributed by atoms with Gasteiger partial charge in [0, 0.05) is 29.1 Å². The maximum atomic E-state index is 15.7. The SMILES string of the molecule is O=C1Nc2sc(Cl)c(-c3cccnc3)c2C(=O)C1(F)c1ccccc1. The van der Waals surface area contributed by atoms with Crippen molar-refractivity contribution in [2.75, 3.05) is 5.32 Å². The molecular formula is C18H10ClFN2O2S. The molecule has 1 aromatic carbocycles. The predicted octanol–water partition coefficient (Wildman–Crippen LogP) is 4.46. The number of amides is 1. The van der Waals surface area contributed by atoms with Crippen LogP contribution in [-0.2, 0) is 10.5 Å². The van der Waals surface area contributed by atoms with Crippen LogP contribution in [0.25, 0.3) is 11.1 Å². The predicted molar refractivity (Wildman–Crippen MR) is 94.7 cm³/mol. The van der Waals surface area contributed by atoms with E-state index in [0.29, 0.717) is 15.5 Å². The Kier molecular flexibility index (Phi) is 3.67. The lowest BCUT2D eigenvalue weighted by Crippen LogP contribution is -2.47. The van der Waals surface area contributed by atoms with Gasteiger partial charge < -0.3 is 5.32 Å². The van der Waals surface area contributed by atoms with Crippen molar-refractivity contribution in [1.29, 1.82) is 0 Å². The highest BCUT2D eigenvalue weighted by Crippen LogP contribution is 2.49. The van der Waals surface area contributed by atoms with E-state index in [0.717, 1.165) is 11.3 Å². The second-order valence-electron chi connectivity index (χ2n) is 5.50. The smallest absolute Gasteiger partial charge is 0.275 e. The van der Waals surface area contributed by atoms with Crippen LogP contribution in [-0.4, -0.2) is 16.7 Å². The van der Waals surface area contributed by atoms with Crippen molar-refractivity contribution in [3.8, 4) is 11.1 Å². The number of fused-ring (bicyclic) bond motifs is 1. The number of Topliss-reactive ketones (excluding diaryl/α,β-unsaturated/α-hetero) is 1. The lowest BCUT2D eigenvalue weighted by molar-refractivity contribution is -0.125. The van der Waals surface area contributed by atoms with Gasteiger partial charge in [0.2, 0.25) is 5.78 Å². The second-order valence-corrected chi connectivity index (χ2v) is 7.13. The van der Waals surface area contributed by atoms with Crippen molar-refractivity contribution in [3.05, 3.63) is 70.3 Å². The molecule has 2 aromatic heterocycles. The number of anilines is 1. The number of aromatic nitrogens is 1. The van der Waals surface area contributed by atoms with E-state index in [2.05, 4.69) is 10.3 Å². The second kappa shape index (κ2) is 5.75. The summed E-state index contributed by atoms with van der Waals surface area (Å²) in [7, 11) is 0. The van der Waals surface area contributed by atoms with Crippen LogP contribution >= 0.6 is 22.9 Å². The molecule has 3 aromatic rings. The zero-order chi connectivity index (χ0) is 17.6. The third kappa shape index (κ3) is 2.29. The standard InChI is InChI=1S/C18H10ClFN2O2S/c19-15-12(10-5-4-8-21-9-10)13-14(23)18(20,11-6-2-1-3-7-11)17(24)22-16(13)25-15/h1-9H,(H,22,24). The van der Waals surface area contributed by atoms with E-state index in [9.17, 15) is 9.59 Å². The van der Waals surface area contributed by atoms with Gasteiger partial charge >= 0.3 is 0 Å². The number of pyridine rings is 1. The summed E-state index contributed by atoms with van der Waals surface area (Å²) in [5.41, 5.74) is -1.76. The van der Waals surface area contributed by atoms with Crippen LogP contribution in [0.5, 0.6) is 0 Å². The number of halogens is 2. The Balaban J connectivity index is 1.95. The minimum atomic E-state index is -2.80. The van der Waals surface area contributed by atoms with Crippen LogP contribution in [0.3, 0.4) is 0 Å². The Morgan fingerprint density at radius 2 is 1.84 bits per heavy atom. The topological polar surface area (TPSA) is 59.1 Å². The summed E-state index contributed by atoms with van der Waals surface area (Å²) in [6.07, 6.45) is 3.13. The minimum Gasteiger partial charge on any atom is -0.313 e. The molecule has 0 fully saturated rings. The molecule has 0 saturated heterocycles. The van der Waals surface area contributed by atoms with Crippen molar-refractivity contribution >= 4 is 39.6 Å². The number of benzene rings is 1. The molecule has 1 unspecified atom stereocenters. The average Bonchev–Trinajstić information content (AvgIpc) is 2.97. The van der Waals surface area contributed by atoms with Gasteiger partial charge in [-0.1, -0.05) is 48.0 Å². The summed E-state index contributed by atoms with van der Waals surface area (Å²) in [4.78, 5) is 29.5. The highest BCUT2D eigenvalue weighted by atomic mass is 35.5. The highest BCUT2D eigenvalue weighted by Gasteiger charge is 2.54. The molecule has 7 heteroatoms. The first-order valence-electron chi connectivity index (χ1n) is 7.37. The summed E-state index contributed by atoms with van der Waals surface area (Å²) in [6.45, 7) is 0. The molecule has 0 radical (unpaired) electrons. The van der Waals surface area contributed by atoms with Crippen LogP contribution in [0, 0.1) is 0 Å².